The summed E-state index contributed by atoms with van der Waals surface area (Å²) >= 11 is 2.46. The van der Waals surface area contributed by atoms with E-state index in [0.29, 0.717) is 10.3 Å². The first-order chi connectivity index (χ1) is 12.0. The second kappa shape index (κ2) is 7.49. The number of carbonyl (C=O) groups excluding carboxylic acids is 1. The fraction of sp³-hybridized carbons (Fsp3) is 0.125. The van der Waals surface area contributed by atoms with Crippen LogP contribution >= 0.6 is 23.1 Å². The van der Waals surface area contributed by atoms with E-state index in [2.05, 4.69) is 20.3 Å². The molecule has 4 N–H and O–H groups in total. The summed E-state index contributed by atoms with van der Waals surface area (Å²) in [7, 11) is 0. The van der Waals surface area contributed by atoms with Crippen molar-refractivity contribution in [1.29, 1.82) is 0 Å². The van der Waals surface area contributed by atoms with Gasteiger partial charge in [-0.25, -0.2) is 9.97 Å². The molecule has 0 fully saturated rings. The lowest BCUT2D eigenvalue weighted by Gasteiger charge is -2.02. The molecule has 0 saturated carbocycles. The van der Waals surface area contributed by atoms with Gasteiger partial charge < -0.3 is 16.0 Å². The smallest absolute Gasteiger partial charge is 0.253 e. The molecule has 2 heterocycles. The summed E-state index contributed by atoms with van der Waals surface area (Å²) < 4.78 is 0. The Balaban J connectivity index is 1.60. The van der Waals surface area contributed by atoms with E-state index in [0.717, 1.165) is 23.0 Å². The number of anilines is 2. The fourth-order valence-corrected chi connectivity index (χ4v) is 3.42. The van der Waals surface area contributed by atoms with E-state index in [1.165, 1.54) is 23.0 Å². The Hall–Kier alpha value is -2.65. The number of aromatic nitrogens is 3. The molecule has 25 heavy (non-hydrogen) atoms. The minimum Gasteiger partial charge on any atom is -0.383 e. The average Bonchev–Trinajstić information content (AvgIpc) is 3.01. The number of nitrogens with zero attached hydrogens (tertiary/aromatic N) is 2. The van der Waals surface area contributed by atoms with Gasteiger partial charge in [0.25, 0.3) is 5.56 Å². The third-order valence-electron chi connectivity index (χ3n) is 3.18. The molecule has 9 heteroatoms. The van der Waals surface area contributed by atoms with Crippen molar-refractivity contribution in [1.82, 2.24) is 15.0 Å². The highest BCUT2D eigenvalue weighted by Crippen LogP contribution is 2.25. The van der Waals surface area contributed by atoms with Crippen LogP contribution in [-0.2, 0) is 4.79 Å². The number of hydrogen-bond donors (Lipinski definition) is 3. The van der Waals surface area contributed by atoms with Crippen molar-refractivity contribution in [3.05, 3.63) is 51.6 Å². The van der Waals surface area contributed by atoms with Crippen LogP contribution in [0.4, 0.5) is 10.9 Å². The number of H-pyrrole nitrogens is 1. The highest BCUT2D eigenvalue weighted by molar-refractivity contribution is 7.99. The van der Waals surface area contributed by atoms with Crippen LogP contribution < -0.4 is 16.6 Å². The van der Waals surface area contributed by atoms with Gasteiger partial charge in [-0.15, -0.1) is 11.3 Å². The molecule has 0 aliphatic heterocycles. The third kappa shape index (κ3) is 4.68. The van der Waals surface area contributed by atoms with Crippen LogP contribution in [0, 0.1) is 6.92 Å². The second-order valence-electron chi connectivity index (χ2n) is 5.22. The monoisotopic (exact) mass is 373 g/mol. The summed E-state index contributed by atoms with van der Waals surface area (Å²) in [4.78, 5) is 34.2. The van der Waals surface area contributed by atoms with E-state index in [-0.39, 0.29) is 23.0 Å². The normalized spacial score (nSPS) is 10.6. The molecule has 0 radical (unpaired) electrons. The van der Waals surface area contributed by atoms with Crippen LogP contribution in [0.1, 0.15) is 5.56 Å². The highest BCUT2D eigenvalue weighted by atomic mass is 32.2. The van der Waals surface area contributed by atoms with Crippen LogP contribution in [0.3, 0.4) is 0 Å². The molecule has 2 aromatic heterocycles. The molecule has 0 saturated heterocycles. The summed E-state index contributed by atoms with van der Waals surface area (Å²) in [6.45, 7) is 2.02. The molecular weight excluding hydrogens is 358 g/mol. The summed E-state index contributed by atoms with van der Waals surface area (Å²) in [5, 5.41) is 5.46. The number of aryl methyl sites for hydroxylation is 1. The van der Waals surface area contributed by atoms with Crippen LogP contribution in [0.2, 0.25) is 0 Å². The van der Waals surface area contributed by atoms with Crippen LogP contribution in [0.25, 0.3) is 11.3 Å². The van der Waals surface area contributed by atoms with Gasteiger partial charge in [-0.05, 0) is 6.92 Å². The Morgan fingerprint density at radius 1 is 1.32 bits per heavy atom. The van der Waals surface area contributed by atoms with Crippen molar-refractivity contribution in [2.24, 2.45) is 0 Å². The zero-order valence-corrected chi connectivity index (χ0v) is 14.9. The minimum atomic E-state index is -0.349. The maximum Gasteiger partial charge on any atom is 0.253 e. The molecular formula is C16H15N5O2S2. The van der Waals surface area contributed by atoms with E-state index < -0.39 is 0 Å². The Kier molecular flexibility index (Phi) is 5.15. The zero-order valence-electron chi connectivity index (χ0n) is 13.3. The van der Waals surface area contributed by atoms with E-state index >= 15 is 0 Å². The second-order valence-corrected chi connectivity index (χ2v) is 7.04. The lowest BCUT2D eigenvalue weighted by Crippen LogP contribution is -2.15. The molecule has 0 aliphatic rings. The van der Waals surface area contributed by atoms with Crippen LogP contribution in [0.15, 0.2) is 45.7 Å². The van der Waals surface area contributed by atoms with Gasteiger partial charge in [0.2, 0.25) is 5.91 Å². The van der Waals surface area contributed by atoms with Crippen molar-refractivity contribution in [3.8, 4) is 11.3 Å². The lowest BCUT2D eigenvalue weighted by molar-refractivity contribution is -0.113. The van der Waals surface area contributed by atoms with Crippen molar-refractivity contribution < 1.29 is 4.79 Å². The Morgan fingerprint density at radius 2 is 2.08 bits per heavy atom. The van der Waals surface area contributed by atoms with Crippen LogP contribution in [0.5, 0.6) is 0 Å². The van der Waals surface area contributed by atoms with Gasteiger partial charge in [-0.3, -0.25) is 9.59 Å². The largest absolute Gasteiger partial charge is 0.383 e. The Morgan fingerprint density at radius 3 is 2.80 bits per heavy atom. The first kappa shape index (κ1) is 17.2. The number of hydrogen-bond acceptors (Lipinski definition) is 7. The van der Waals surface area contributed by atoms with Crippen molar-refractivity contribution in [2.75, 3.05) is 16.8 Å². The molecule has 3 rings (SSSR count). The molecule has 7 nitrogen and oxygen atoms in total. The third-order valence-corrected chi connectivity index (χ3v) is 4.81. The standard InChI is InChI=1S/C16H15N5O2S2/c1-9-2-4-10(5-3-9)11-7-24-15(18-11)21-14(23)8-25-16-19-12(17)6-13(22)20-16/h2-7H,8H2,1H3,(H,18,21,23)(H3,17,19,20,22). The summed E-state index contributed by atoms with van der Waals surface area (Å²) in [5.41, 5.74) is 8.15. The molecule has 0 unspecified atom stereocenters. The van der Waals surface area contributed by atoms with Gasteiger partial charge in [-0.2, -0.15) is 0 Å². The number of nitrogens with two attached hydrogens (primary N) is 1. The molecule has 1 aromatic carbocycles. The molecule has 0 aliphatic carbocycles. The zero-order chi connectivity index (χ0) is 17.8. The first-order valence-electron chi connectivity index (χ1n) is 7.31. The van der Waals surface area contributed by atoms with Gasteiger partial charge >= 0.3 is 0 Å². The minimum absolute atomic E-state index is 0.0891. The number of thioether (sulfide) groups is 1. The predicted octanol–water partition coefficient (Wildman–Crippen LogP) is 2.51. The number of carbonyl (C=O) groups is 1. The number of nitrogen functional groups attached to an aromatic ring is 1. The molecule has 3 aromatic rings. The van der Waals surface area contributed by atoms with Crippen molar-refractivity contribution >= 4 is 40.0 Å². The Bertz CT molecular complexity index is 950. The van der Waals surface area contributed by atoms with Crippen LogP contribution in [-0.4, -0.2) is 26.6 Å². The summed E-state index contributed by atoms with van der Waals surface area (Å²) in [5.74, 6) is -0.0274. The fourth-order valence-electron chi connectivity index (χ4n) is 2.00. The maximum atomic E-state index is 12.0. The van der Waals surface area contributed by atoms with E-state index in [9.17, 15) is 9.59 Å². The molecule has 128 valence electrons. The van der Waals surface area contributed by atoms with E-state index in [4.69, 9.17) is 5.73 Å². The number of aromatic amines is 1. The SMILES string of the molecule is Cc1ccc(-c2csc(NC(=O)CSc3nc(N)cc(=O)[nH]3)n2)cc1. The number of amides is 1. The van der Waals surface area contributed by atoms with Gasteiger partial charge in [0.05, 0.1) is 11.4 Å². The van der Waals surface area contributed by atoms with Gasteiger partial charge in [0.1, 0.15) is 5.82 Å². The number of rotatable bonds is 5. The number of benzene rings is 1. The maximum absolute atomic E-state index is 12.0. The highest BCUT2D eigenvalue weighted by Gasteiger charge is 2.10. The lowest BCUT2D eigenvalue weighted by atomic mass is 10.1. The summed E-state index contributed by atoms with van der Waals surface area (Å²) in [6, 6.07) is 9.21. The number of thiazole rings is 1. The Labute approximate surface area is 151 Å². The first-order valence-corrected chi connectivity index (χ1v) is 9.18. The van der Waals surface area contributed by atoms with Gasteiger partial charge in [0, 0.05) is 17.0 Å². The summed E-state index contributed by atoms with van der Waals surface area (Å²) in [6.07, 6.45) is 0. The number of nitrogens with one attached hydrogen (secondary N) is 2. The topological polar surface area (TPSA) is 114 Å². The molecule has 1 amide bonds. The molecule has 0 spiro atoms. The quantitative estimate of drug-likeness (QED) is 0.468. The van der Waals surface area contributed by atoms with Gasteiger partial charge in [0.15, 0.2) is 10.3 Å². The average molecular weight is 373 g/mol. The predicted molar refractivity (Wildman–Crippen MR) is 101 cm³/mol. The van der Waals surface area contributed by atoms with E-state index in [1.54, 1.807) is 0 Å². The molecule has 0 bridgehead atoms. The molecule has 0 atom stereocenters. The van der Waals surface area contributed by atoms with E-state index in [1.807, 2.05) is 36.6 Å². The van der Waals surface area contributed by atoms with Crippen molar-refractivity contribution in [2.45, 2.75) is 12.1 Å². The van der Waals surface area contributed by atoms with Crippen molar-refractivity contribution in [3.63, 3.8) is 0 Å². The van der Waals surface area contributed by atoms with Gasteiger partial charge in [-0.1, -0.05) is 41.6 Å².